The van der Waals surface area contributed by atoms with Gasteiger partial charge < -0.3 is 5.32 Å². The molecule has 0 aliphatic carbocycles. The van der Waals surface area contributed by atoms with Crippen molar-refractivity contribution < 1.29 is 9.59 Å². The molecular formula is C13H24N2O2. The molecular weight excluding hydrogens is 216 g/mol. The number of carbonyl (C=O) groups excluding carboxylic acids is 2. The van der Waals surface area contributed by atoms with Crippen LogP contribution in [0.5, 0.6) is 0 Å². The second-order valence-corrected chi connectivity index (χ2v) is 4.88. The first-order chi connectivity index (χ1) is 7.82. The second-order valence-electron chi connectivity index (χ2n) is 4.88. The van der Waals surface area contributed by atoms with E-state index in [0.29, 0.717) is 13.1 Å². The Bertz CT molecular complexity index is 283. The largest absolute Gasteiger partial charge is 0.353 e. The van der Waals surface area contributed by atoms with E-state index in [-0.39, 0.29) is 23.7 Å². The predicted molar refractivity (Wildman–Crippen MR) is 69.8 cm³/mol. The summed E-state index contributed by atoms with van der Waals surface area (Å²) in [5.41, 5.74) is 0. The predicted octanol–water partition coefficient (Wildman–Crippen LogP) is 1.22. The highest BCUT2D eigenvalue weighted by molar-refractivity contribution is 5.91. The molecule has 0 aromatic rings. The smallest absolute Gasteiger partial charge is 0.234 e. The van der Waals surface area contributed by atoms with Crippen LogP contribution in [0.4, 0.5) is 0 Å². The lowest BCUT2D eigenvalue weighted by Gasteiger charge is -2.15. The molecule has 0 aromatic heterocycles. The van der Waals surface area contributed by atoms with Crippen LogP contribution in [0.1, 0.15) is 27.7 Å². The van der Waals surface area contributed by atoms with Crippen LogP contribution in [0.3, 0.4) is 0 Å². The number of amides is 1. The summed E-state index contributed by atoms with van der Waals surface area (Å²) >= 11 is 0. The van der Waals surface area contributed by atoms with Crippen molar-refractivity contribution in [2.45, 2.75) is 33.7 Å². The molecule has 0 unspecified atom stereocenters. The summed E-state index contributed by atoms with van der Waals surface area (Å²) in [5, 5.41) is 2.82. The molecule has 0 radical (unpaired) electrons. The van der Waals surface area contributed by atoms with Crippen molar-refractivity contribution in [3.63, 3.8) is 0 Å². The van der Waals surface area contributed by atoms with E-state index in [1.165, 1.54) is 0 Å². The SMILES string of the molecule is CC(C)NC(=O)CN(C)C/C=C/C(=O)C(C)C. The molecule has 0 fully saturated rings. The first-order valence-corrected chi connectivity index (χ1v) is 6.01. The monoisotopic (exact) mass is 240 g/mol. The van der Waals surface area contributed by atoms with Crippen molar-refractivity contribution in [2.75, 3.05) is 20.1 Å². The first-order valence-electron chi connectivity index (χ1n) is 6.01. The summed E-state index contributed by atoms with van der Waals surface area (Å²) in [6.45, 7) is 8.54. The molecule has 0 aliphatic rings. The van der Waals surface area contributed by atoms with Gasteiger partial charge in [0, 0.05) is 18.5 Å². The fourth-order valence-electron chi connectivity index (χ4n) is 1.22. The van der Waals surface area contributed by atoms with Crippen LogP contribution >= 0.6 is 0 Å². The van der Waals surface area contributed by atoms with E-state index in [4.69, 9.17) is 0 Å². The van der Waals surface area contributed by atoms with E-state index in [2.05, 4.69) is 5.32 Å². The maximum absolute atomic E-state index is 11.4. The minimum absolute atomic E-state index is 0.00564. The van der Waals surface area contributed by atoms with Crippen LogP contribution < -0.4 is 5.32 Å². The second kappa shape index (κ2) is 8.01. The Morgan fingerprint density at radius 3 is 2.29 bits per heavy atom. The average Bonchev–Trinajstić information content (AvgIpc) is 2.15. The van der Waals surface area contributed by atoms with Gasteiger partial charge in [0.2, 0.25) is 5.91 Å². The van der Waals surface area contributed by atoms with Crippen molar-refractivity contribution >= 4 is 11.7 Å². The maximum Gasteiger partial charge on any atom is 0.234 e. The van der Waals surface area contributed by atoms with Crippen LogP contribution in [0.25, 0.3) is 0 Å². The Kier molecular flexibility index (Phi) is 7.46. The Morgan fingerprint density at radius 2 is 1.82 bits per heavy atom. The Hall–Kier alpha value is -1.16. The molecule has 0 spiro atoms. The zero-order valence-electron chi connectivity index (χ0n) is 11.5. The van der Waals surface area contributed by atoms with Crippen LogP contribution in [-0.4, -0.2) is 42.8 Å². The molecule has 0 aliphatic heterocycles. The van der Waals surface area contributed by atoms with Gasteiger partial charge in [-0.3, -0.25) is 14.5 Å². The third-order valence-electron chi connectivity index (χ3n) is 2.13. The molecule has 98 valence electrons. The van der Waals surface area contributed by atoms with Gasteiger partial charge in [-0.2, -0.15) is 0 Å². The van der Waals surface area contributed by atoms with Gasteiger partial charge in [-0.25, -0.2) is 0 Å². The van der Waals surface area contributed by atoms with E-state index in [0.717, 1.165) is 0 Å². The highest BCUT2D eigenvalue weighted by Gasteiger charge is 2.06. The standard InChI is InChI=1S/C13H24N2O2/c1-10(2)12(16)7-6-8-15(5)9-13(17)14-11(3)4/h6-7,10-11H,8-9H2,1-5H3,(H,14,17)/b7-6+. The van der Waals surface area contributed by atoms with E-state index in [1.54, 1.807) is 12.2 Å². The molecule has 0 atom stereocenters. The van der Waals surface area contributed by atoms with Gasteiger partial charge in [-0.05, 0) is 27.0 Å². The zero-order chi connectivity index (χ0) is 13.4. The van der Waals surface area contributed by atoms with Crippen molar-refractivity contribution in [1.82, 2.24) is 10.2 Å². The Balaban J connectivity index is 3.91. The normalized spacial score (nSPS) is 11.8. The van der Waals surface area contributed by atoms with Crippen LogP contribution in [0.15, 0.2) is 12.2 Å². The quantitative estimate of drug-likeness (QED) is 0.681. The molecule has 0 saturated carbocycles. The molecule has 4 heteroatoms. The third-order valence-corrected chi connectivity index (χ3v) is 2.13. The van der Waals surface area contributed by atoms with Gasteiger partial charge in [0.25, 0.3) is 0 Å². The number of likely N-dealkylation sites (N-methyl/N-ethyl adjacent to an activating group) is 1. The number of nitrogens with one attached hydrogen (secondary N) is 1. The van der Waals surface area contributed by atoms with E-state index in [1.807, 2.05) is 39.6 Å². The molecule has 17 heavy (non-hydrogen) atoms. The molecule has 0 bridgehead atoms. The fraction of sp³-hybridized carbons (Fsp3) is 0.692. The number of nitrogens with zero attached hydrogens (tertiary/aromatic N) is 1. The highest BCUT2D eigenvalue weighted by atomic mass is 16.2. The summed E-state index contributed by atoms with van der Waals surface area (Å²) in [5.74, 6) is 0.150. The van der Waals surface area contributed by atoms with Gasteiger partial charge in [0.1, 0.15) is 0 Å². The molecule has 0 saturated heterocycles. The average molecular weight is 240 g/mol. The summed E-state index contributed by atoms with van der Waals surface area (Å²) in [6, 6.07) is 0.161. The highest BCUT2D eigenvalue weighted by Crippen LogP contribution is 1.95. The zero-order valence-corrected chi connectivity index (χ0v) is 11.5. The Morgan fingerprint density at radius 1 is 1.24 bits per heavy atom. The van der Waals surface area contributed by atoms with Gasteiger partial charge in [-0.1, -0.05) is 19.9 Å². The lowest BCUT2D eigenvalue weighted by Crippen LogP contribution is -2.38. The molecule has 0 heterocycles. The summed E-state index contributed by atoms with van der Waals surface area (Å²) in [7, 11) is 1.85. The number of carbonyl (C=O) groups is 2. The minimum Gasteiger partial charge on any atom is -0.353 e. The lowest BCUT2D eigenvalue weighted by molar-refractivity contribution is -0.122. The lowest BCUT2D eigenvalue weighted by atomic mass is 10.1. The summed E-state index contributed by atoms with van der Waals surface area (Å²) in [4.78, 5) is 24.6. The van der Waals surface area contributed by atoms with Crippen molar-refractivity contribution in [2.24, 2.45) is 5.92 Å². The van der Waals surface area contributed by atoms with Gasteiger partial charge >= 0.3 is 0 Å². The number of rotatable bonds is 7. The maximum atomic E-state index is 11.4. The van der Waals surface area contributed by atoms with Crippen molar-refractivity contribution in [3.8, 4) is 0 Å². The molecule has 1 N–H and O–H groups in total. The number of allylic oxidation sites excluding steroid dienone is 1. The van der Waals surface area contributed by atoms with Crippen molar-refractivity contribution in [1.29, 1.82) is 0 Å². The molecule has 1 amide bonds. The third kappa shape index (κ3) is 8.63. The summed E-state index contributed by atoms with van der Waals surface area (Å²) < 4.78 is 0. The van der Waals surface area contributed by atoms with E-state index >= 15 is 0 Å². The number of ketones is 1. The topological polar surface area (TPSA) is 49.4 Å². The van der Waals surface area contributed by atoms with Crippen molar-refractivity contribution in [3.05, 3.63) is 12.2 Å². The molecule has 4 nitrogen and oxygen atoms in total. The van der Waals surface area contributed by atoms with Crippen LogP contribution in [0, 0.1) is 5.92 Å². The molecule has 0 rings (SSSR count). The van der Waals surface area contributed by atoms with Crippen LogP contribution in [-0.2, 0) is 9.59 Å². The Labute approximate surface area is 104 Å². The fourth-order valence-corrected chi connectivity index (χ4v) is 1.22. The van der Waals surface area contributed by atoms with E-state index in [9.17, 15) is 9.59 Å². The van der Waals surface area contributed by atoms with Gasteiger partial charge in [0.15, 0.2) is 5.78 Å². The number of hydrogen-bond donors (Lipinski definition) is 1. The van der Waals surface area contributed by atoms with E-state index < -0.39 is 0 Å². The molecule has 0 aromatic carbocycles. The van der Waals surface area contributed by atoms with Gasteiger partial charge in [-0.15, -0.1) is 0 Å². The van der Waals surface area contributed by atoms with Crippen LogP contribution in [0.2, 0.25) is 0 Å². The minimum atomic E-state index is 0.00564. The van der Waals surface area contributed by atoms with Gasteiger partial charge in [0.05, 0.1) is 6.54 Å². The number of hydrogen-bond acceptors (Lipinski definition) is 3. The summed E-state index contributed by atoms with van der Waals surface area (Å²) in [6.07, 6.45) is 3.38. The first kappa shape index (κ1) is 15.8.